The highest BCUT2D eigenvalue weighted by molar-refractivity contribution is 7.07. The van der Waals surface area contributed by atoms with E-state index in [9.17, 15) is 14.4 Å². The molecule has 0 aliphatic carbocycles. The summed E-state index contributed by atoms with van der Waals surface area (Å²) in [6, 6.07) is 7.51. The van der Waals surface area contributed by atoms with Gasteiger partial charge in [-0.2, -0.15) is 0 Å². The number of esters is 2. The Labute approximate surface area is 198 Å². The van der Waals surface area contributed by atoms with Crippen molar-refractivity contribution in [2.75, 3.05) is 13.7 Å². The Morgan fingerprint density at radius 1 is 1.26 bits per heavy atom. The third kappa shape index (κ3) is 4.32. The van der Waals surface area contributed by atoms with Gasteiger partial charge in [0.15, 0.2) is 16.3 Å². The molecule has 4 rings (SSSR count). The number of allylic oxidation sites excluding steroid dienone is 1. The zero-order valence-electron chi connectivity index (χ0n) is 19.0. The van der Waals surface area contributed by atoms with Crippen LogP contribution in [0.15, 0.2) is 62.1 Å². The summed E-state index contributed by atoms with van der Waals surface area (Å²) in [5, 5.41) is 0. The summed E-state index contributed by atoms with van der Waals surface area (Å²) in [4.78, 5) is 42.9. The average molecular weight is 483 g/mol. The lowest BCUT2D eigenvalue weighted by atomic mass is 9.95. The minimum atomic E-state index is -0.825. The van der Waals surface area contributed by atoms with Gasteiger partial charge in [0.25, 0.3) is 5.56 Å². The van der Waals surface area contributed by atoms with Crippen molar-refractivity contribution in [2.24, 2.45) is 4.99 Å². The lowest BCUT2D eigenvalue weighted by molar-refractivity contribution is -0.139. The molecule has 3 heterocycles. The minimum Gasteiger partial charge on any atom is -0.493 e. The van der Waals surface area contributed by atoms with Crippen molar-refractivity contribution in [3.63, 3.8) is 0 Å². The monoisotopic (exact) mass is 482 g/mol. The lowest BCUT2D eigenvalue weighted by Gasteiger charge is -2.25. The first kappa shape index (κ1) is 23.2. The molecule has 0 saturated carbocycles. The third-order valence-electron chi connectivity index (χ3n) is 5.09. The SMILES string of the molecule is CCOC(=O)C1=C(C)N=c2s/c(=C\c3ccco3)c(=O)n2C1c1ccc(OC(C)=O)c(OC)c1. The second kappa shape index (κ2) is 9.52. The topological polar surface area (TPSA) is 109 Å². The average Bonchev–Trinajstić information content (AvgIpc) is 3.41. The predicted molar refractivity (Wildman–Crippen MR) is 123 cm³/mol. The zero-order valence-corrected chi connectivity index (χ0v) is 19.8. The molecule has 0 bridgehead atoms. The molecule has 10 heteroatoms. The Balaban J connectivity index is 1.95. The molecule has 0 fully saturated rings. The van der Waals surface area contributed by atoms with Crippen LogP contribution in [0.3, 0.4) is 0 Å². The molecule has 176 valence electrons. The maximum Gasteiger partial charge on any atom is 0.338 e. The van der Waals surface area contributed by atoms with E-state index in [0.717, 1.165) is 0 Å². The number of carbonyl (C=O) groups excluding carboxylic acids is 2. The number of rotatable bonds is 6. The number of ether oxygens (including phenoxy) is 3. The molecular weight excluding hydrogens is 460 g/mol. The van der Waals surface area contributed by atoms with Crippen LogP contribution in [0.1, 0.15) is 38.1 Å². The van der Waals surface area contributed by atoms with Crippen LogP contribution < -0.4 is 24.4 Å². The molecule has 1 aliphatic heterocycles. The molecule has 3 aromatic rings. The van der Waals surface area contributed by atoms with Gasteiger partial charge in [-0.05, 0) is 43.7 Å². The Morgan fingerprint density at radius 2 is 2.06 bits per heavy atom. The van der Waals surface area contributed by atoms with Crippen molar-refractivity contribution in [3.8, 4) is 11.5 Å². The van der Waals surface area contributed by atoms with E-state index in [-0.39, 0.29) is 29.2 Å². The molecule has 34 heavy (non-hydrogen) atoms. The summed E-state index contributed by atoms with van der Waals surface area (Å²) < 4.78 is 23.1. The maximum atomic E-state index is 13.5. The van der Waals surface area contributed by atoms with Gasteiger partial charge in [-0.3, -0.25) is 14.2 Å². The van der Waals surface area contributed by atoms with E-state index in [0.29, 0.717) is 26.4 Å². The van der Waals surface area contributed by atoms with E-state index in [2.05, 4.69) is 4.99 Å². The molecule has 0 amide bonds. The molecular formula is C24H22N2O7S. The third-order valence-corrected chi connectivity index (χ3v) is 6.07. The van der Waals surface area contributed by atoms with Crippen molar-refractivity contribution in [1.82, 2.24) is 4.57 Å². The van der Waals surface area contributed by atoms with Crippen molar-refractivity contribution < 1.29 is 28.2 Å². The van der Waals surface area contributed by atoms with Crippen LogP contribution in [0.5, 0.6) is 11.5 Å². The number of thiazole rings is 1. The number of hydrogen-bond acceptors (Lipinski definition) is 9. The quantitative estimate of drug-likeness (QED) is 0.392. The maximum absolute atomic E-state index is 13.5. The minimum absolute atomic E-state index is 0.167. The Kier molecular flexibility index (Phi) is 6.51. The van der Waals surface area contributed by atoms with Gasteiger partial charge in [0, 0.05) is 13.0 Å². The van der Waals surface area contributed by atoms with Gasteiger partial charge >= 0.3 is 11.9 Å². The first-order valence-electron chi connectivity index (χ1n) is 10.4. The highest BCUT2D eigenvalue weighted by Crippen LogP contribution is 2.36. The highest BCUT2D eigenvalue weighted by atomic mass is 32.1. The van der Waals surface area contributed by atoms with Gasteiger partial charge in [-0.15, -0.1) is 0 Å². The first-order valence-corrected chi connectivity index (χ1v) is 11.2. The highest BCUT2D eigenvalue weighted by Gasteiger charge is 2.34. The standard InChI is InChI=1S/C24H22N2O7S/c1-5-31-23(29)20-13(2)25-24-26(22(28)19(34-24)12-16-7-6-10-32-16)21(20)15-8-9-17(33-14(3)27)18(11-15)30-4/h6-12,21H,5H2,1-4H3/b19-12-. The normalized spacial score (nSPS) is 15.5. The van der Waals surface area contributed by atoms with E-state index in [1.807, 2.05) is 0 Å². The van der Waals surface area contributed by atoms with Crippen LogP contribution in [-0.2, 0) is 14.3 Å². The van der Waals surface area contributed by atoms with Crippen LogP contribution in [0.4, 0.5) is 0 Å². The second-order valence-electron chi connectivity index (χ2n) is 7.32. The van der Waals surface area contributed by atoms with Crippen LogP contribution in [0.25, 0.3) is 6.08 Å². The van der Waals surface area contributed by atoms with E-state index in [4.69, 9.17) is 18.6 Å². The molecule has 0 radical (unpaired) electrons. The van der Waals surface area contributed by atoms with E-state index < -0.39 is 18.0 Å². The molecule has 0 saturated heterocycles. The largest absolute Gasteiger partial charge is 0.493 e. The number of carbonyl (C=O) groups is 2. The zero-order chi connectivity index (χ0) is 24.4. The number of aromatic nitrogens is 1. The van der Waals surface area contributed by atoms with Crippen molar-refractivity contribution >= 4 is 29.4 Å². The van der Waals surface area contributed by atoms with E-state index in [1.54, 1.807) is 50.3 Å². The fourth-order valence-electron chi connectivity index (χ4n) is 3.70. The predicted octanol–water partition coefficient (Wildman–Crippen LogP) is 2.33. The van der Waals surface area contributed by atoms with Crippen LogP contribution in [-0.4, -0.2) is 30.2 Å². The van der Waals surface area contributed by atoms with Crippen molar-refractivity contribution in [2.45, 2.75) is 26.8 Å². The lowest BCUT2D eigenvalue weighted by Crippen LogP contribution is -2.39. The molecule has 0 N–H and O–H groups in total. The molecule has 2 aromatic heterocycles. The number of nitrogens with zero attached hydrogens (tertiary/aromatic N) is 2. The summed E-state index contributed by atoms with van der Waals surface area (Å²) in [7, 11) is 1.44. The number of hydrogen-bond donors (Lipinski definition) is 0. The molecule has 1 unspecified atom stereocenters. The van der Waals surface area contributed by atoms with Crippen molar-refractivity contribution in [3.05, 3.63) is 78.9 Å². The van der Waals surface area contributed by atoms with E-state index in [1.165, 1.54) is 36.2 Å². The smallest absolute Gasteiger partial charge is 0.338 e. The second-order valence-corrected chi connectivity index (χ2v) is 8.33. The summed E-state index contributed by atoms with van der Waals surface area (Å²) >= 11 is 1.19. The molecule has 9 nitrogen and oxygen atoms in total. The molecule has 1 atom stereocenters. The Hall–Kier alpha value is -3.92. The van der Waals surface area contributed by atoms with Gasteiger partial charge in [0.2, 0.25) is 0 Å². The van der Waals surface area contributed by atoms with Gasteiger partial charge in [-0.25, -0.2) is 9.79 Å². The van der Waals surface area contributed by atoms with Gasteiger partial charge < -0.3 is 18.6 Å². The van der Waals surface area contributed by atoms with Gasteiger partial charge in [0.05, 0.1) is 41.8 Å². The fourth-order valence-corrected chi connectivity index (χ4v) is 4.73. The first-order chi connectivity index (χ1) is 16.3. The van der Waals surface area contributed by atoms with Crippen molar-refractivity contribution in [1.29, 1.82) is 0 Å². The van der Waals surface area contributed by atoms with Gasteiger partial charge in [-0.1, -0.05) is 17.4 Å². The van der Waals surface area contributed by atoms with E-state index >= 15 is 0 Å². The van der Waals surface area contributed by atoms with Gasteiger partial charge in [0.1, 0.15) is 5.76 Å². The number of benzene rings is 1. The van der Waals surface area contributed by atoms with Crippen LogP contribution in [0, 0.1) is 0 Å². The number of methoxy groups -OCH3 is 1. The summed E-state index contributed by atoms with van der Waals surface area (Å²) in [6.45, 7) is 4.86. The van der Waals surface area contributed by atoms with Crippen LogP contribution >= 0.6 is 11.3 Å². The molecule has 1 aliphatic rings. The number of fused-ring (bicyclic) bond motifs is 1. The molecule has 1 aromatic carbocycles. The number of furan rings is 1. The summed E-state index contributed by atoms with van der Waals surface area (Å²) in [5.41, 5.74) is 0.914. The summed E-state index contributed by atoms with van der Waals surface area (Å²) in [6.07, 6.45) is 3.15. The fraction of sp³-hybridized carbons (Fsp3) is 0.250. The van der Waals surface area contributed by atoms with Crippen LogP contribution in [0.2, 0.25) is 0 Å². The molecule has 0 spiro atoms. The Morgan fingerprint density at radius 3 is 2.71 bits per heavy atom. The summed E-state index contributed by atoms with van der Waals surface area (Å²) in [5.74, 6) is -0.0433. The Bertz CT molecular complexity index is 1460.